The molecule has 1 atom stereocenters. The summed E-state index contributed by atoms with van der Waals surface area (Å²) >= 11 is 6.87. The van der Waals surface area contributed by atoms with Gasteiger partial charge in [-0.2, -0.15) is 0 Å². The zero-order valence-corrected chi connectivity index (χ0v) is 19.1. The maximum atomic E-state index is 6.28. The molecule has 1 aromatic carbocycles. The Bertz CT molecular complexity index is 710. The number of amidine groups is 1. The fraction of sp³-hybridized carbons (Fsp3) is 0.455. The van der Waals surface area contributed by atoms with E-state index in [-0.39, 0.29) is 5.41 Å². The number of aryl methyl sites for hydroxylation is 1. The lowest BCUT2D eigenvalue weighted by Gasteiger charge is -2.23. The summed E-state index contributed by atoms with van der Waals surface area (Å²) in [5.74, 6) is 0.809. The Morgan fingerprint density at radius 2 is 1.93 bits per heavy atom. The molecule has 3 N–H and O–H groups in total. The second kappa shape index (κ2) is 10.7. The van der Waals surface area contributed by atoms with Gasteiger partial charge in [-0.1, -0.05) is 101 Å². The zero-order chi connectivity index (χ0) is 20.6. The number of thioether (sulfide) groups is 1. The van der Waals surface area contributed by atoms with E-state index in [1.165, 1.54) is 17.3 Å². The number of allylic oxidation sites excluding steroid dienone is 1. The lowest BCUT2D eigenvalue weighted by Crippen LogP contribution is -2.31. The van der Waals surface area contributed by atoms with Crippen LogP contribution in [0.25, 0.3) is 0 Å². The summed E-state index contributed by atoms with van der Waals surface area (Å²) in [6.45, 7) is 17.7. The first kappa shape index (κ1) is 23.4. The molecule has 0 saturated carbocycles. The lowest BCUT2D eigenvalue weighted by atomic mass is 9.87. The van der Waals surface area contributed by atoms with Crippen LogP contribution in [-0.4, -0.2) is 16.7 Å². The fourth-order valence-corrected chi connectivity index (χ4v) is 3.00. The van der Waals surface area contributed by atoms with Gasteiger partial charge in [0.15, 0.2) is 4.32 Å². The van der Waals surface area contributed by atoms with Gasteiger partial charge in [-0.15, -0.1) is 0 Å². The molecule has 0 bridgehead atoms. The molecular formula is C22H33N3S2. The molecule has 0 amide bonds. The summed E-state index contributed by atoms with van der Waals surface area (Å²) in [6.07, 6.45) is 3.15. The first-order valence-electron chi connectivity index (χ1n) is 9.30. The molecule has 27 heavy (non-hydrogen) atoms. The molecule has 0 aliphatic rings. The summed E-state index contributed by atoms with van der Waals surface area (Å²) in [5.41, 5.74) is 9.47. The molecule has 0 aliphatic carbocycles. The van der Waals surface area contributed by atoms with E-state index in [1.54, 1.807) is 0 Å². The third kappa shape index (κ3) is 8.76. The van der Waals surface area contributed by atoms with Crippen LogP contribution in [0.3, 0.4) is 0 Å². The Balaban J connectivity index is 2.90. The minimum Gasteiger partial charge on any atom is -0.382 e. The Hall–Kier alpha value is -1.59. The van der Waals surface area contributed by atoms with Crippen LogP contribution in [0.4, 0.5) is 0 Å². The molecule has 0 saturated heterocycles. The number of rotatable bonds is 7. The van der Waals surface area contributed by atoms with Crippen LogP contribution in [0.1, 0.15) is 46.6 Å². The van der Waals surface area contributed by atoms with Gasteiger partial charge in [-0.25, -0.2) is 4.99 Å². The molecular weight excluding hydrogens is 370 g/mol. The molecule has 0 fully saturated rings. The van der Waals surface area contributed by atoms with E-state index in [2.05, 4.69) is 76.6 Å². The maximum absolute atomic E-state index is 6.28. The maximum Gasteiger partial charge on any atom is 0.166 e. The van der Waals surface area contributed by atoms with Gasteiger partial charge in [0.2, 0.25) is 0 Å². The van der Waals surface area contributed by atoms with Crippen LogP contribution in [-0.2, 0) is 0 Å². The number of benzene rings is 1. The van der Waals surface area contributed by atoms with Crippen molar-refractivity contribution in [2.75, 3.05) is 6.54 Å². The molecule has 5 heteroatoms. The Labute approximate surface area is 174 Å². The number of nitrogens with zero attached hydrogens (tertiary/aromatic N) is 1. The van der Waals surface area contributed by atoms with Crippen molar-refractivity contribution < 1.29 is 0 Å². The normalized spacial score (nSPS) is 14.0. The quantitative estimate of drug-likeness (QED) is 0.197. The average Bonchev–Trinajstić information content (AvgIpc) is 2.58. The van der Waals surface area contributed by atoms with E-state index in [1.807, 2.05) is 12.1 Å². The van der Waals surface area contributed by atoms with Gasteiger partial charge in [-0.05, 0) is 30.4 Å². The van der Waals surface area contributed by atoms with E-state index in [0.717, 1.165) is 22.6 Å². The van der Waals surface area contributed by atoms with Crippen LogP contribution >= 0.6 is 24.0 Å². The second-order valence-corrected chi connectivity index (χ2v) is 9.56. The third-order valence-corrected chi connectivity index (χ3v) is 5.48. The molecule has 1 rings (SSSR count). The van der Waals surface area contributed by atoms with Crippen LogP contribution in [0, 0.1) is 18.3 Å². The smallest absolute Gasteiger partial charge is 0.166 e. The number of nitrogens with two attached hydrogens (primary N) is 1. The lowest BCUT2D eigenvalue weighted by molar-refractivity contribution is 0.489. The molecule has 0 aromatic heterocycles. The van der Waals surface area contributed by atoms with Crippen molar-refractivity contribution in [3.8, 4) is 0 Å². The van der Waals surface area contributed by atoms with Crippen LogP contribution in [0.2, 0.25) is 0 Å². The molecule has 1 unspecified atom stereocenters. The highest BCUT2D eigenvalue weighted by molar-refractivity contribution is 8.23. The van der Waals surface area contributed by atoms with Crippen molar-refractivity contribution in [2.24, 2.45) is 22.1 Å². The highest BCUT2D eigenvalue weighted by atomic mass is 32.2. The minimum atomic E-state index is 0.0387. The van der Waals surface area contributed by atoms with Gasteiger partial charge >= 0.3 is 0 Å². The zero-order valence-electron chi connectivity index (χ0n) is 17.4. The standard InChI is InChI=1S/C22H33N3S2/c1-8-15(2)13-19(24-14-17(4)22(5,6)7)20(23)25-21(26)27-18-11-9-16(3)10-12-18/h9-13,15,24H,4,8,14H2,1-3,5-7H3,(H2,23,25,26)/b19-13-. The van der Waals surface area contributed by atoms with Gasteiger partial charge in [0, 0.05) is 11.4 Å². The number of hydrogen-bond donors (Lipinski definition) is 2. The summed E-state index contributed by atoms with van der Waals surface area (Å²) in [4.78, 5) is 5.51. The van der Waals surface area contributed by atoms with Gasteiger partial charge in [0.05, 0.1) is 5.70 Å². The first-order valence-corrected chi connectivity index (χ1v) is 10.5. The van der Waals surface area contributed by atoms with E-state index >= 15 is 0 Å². The molecule has 1 aromatic rings. The Morgan fingerprint density at radius 1 is 1.33 bits per heavy atom. The van der Waals surface area contributed by atoms with Crippen molar-refractivity contribution in [2.45, 2.75) is 52.9 Å². The molecule has 0 heterocycles. The van der Waals surface area contributed by atoms with E-state index < -0.39 is 0 Å². The van der Waals surface area contributed by atoms with Crippen LogP contribution in [0.15, 0.2) is 58.1 Å². The monoisotopic (exact) mass is 403 g/mol. The SMILES string of the molecule is C=C(CNC(=C\C(C)CC)/C(N)=N/C(=S)Sc1ccc(C)cc1)C(C)(C)C. The fourth-order valence-electron chi connectivity index (χ4n) is 1.99. The van der Waals surface area contributed by atoms with Crippen molar-refractivity contribution in [1.29, 1.82) is 0 Å². The molecule has 3 nitrogen and oxygen atoms in total. The summed E-state index contributed by atoms with van der Waals surface area (Å²) < 4.78 is 0.503. The number of aliphatic imine (C=N–C) groups is 1. The predicted octanol–water partition coefficient (Wildman–Crippen LogP) is 5.85. The molecule has 0 aliphatic heterocycles. The van der Waals surface area contributed by atoms with Gasteiger partial charge in [-0.3, -0.25) is 0 Å². The highest BCUT2D eigenvalue weighted by Crippen LogP contribution is 2.23. The summed E-state index contributed by atoms with van der Waals surface area (Å²) in [6, 6.07) is 8.21. The molecule has 148 valence electrons. The number of nitrogens with one attached hydrogen (secondary N) is 1. The van der Waals surface area contributed by atoms with Crippen LogP contribution in [0.5, 0.6) is 0 Å². The van der Waals surface area contributed by atoms with Gasteiger partial charge in [0.25, 0.3) is 0 Å². The number of hydrogen-bond acceptors (Lipinski definition) is 3. The summed E-state index contributed by atoms with van der Waals surface area (Å²) in [5, 5.41) is 3.40. The van der Waals surface area contributed by atoms with Gasteiger partial charge in [0.1, 0.15) is 5.84 Å². The average molecular weight is 404 g/mol. The topological polar surface area (TPSA) is 50.4 Å². The van der Waals surface area contributed by atoms with E-state index in [9.17, 15) is 0 Å². The summed E-state index contributed by atoms with van der Waals surface area (Å²) in [7, 11) is 0. The second-order valence-electron chi connectivity index (χ2n) is 7.85. The Kier molecular flexibility index (Phi) is 9.27. The predicted molar refractivity (Wildman–Crippen MR) is 125 cm³/mol. The number of thiocarbonyl (C=S) groups is 1. The third-order valence-electron chi connectivity index (χ3n) is 4.36. The van der Waals surface area contributed by atoms with Gasteiger partial charge < -0.3 is 11.1 Å². The van der Waals surface area contributed by atoms with E-state index in [0.29, 0.717) is 22.6 Å². The van der Waals surface area contributed by atoms with Crippen molar-refractivity contribution in [1.82, 2.24) is 5.32 Å². The highest BCUT2D eigenvalue weighted by Gasteiger charge is 2.16. The van der Waals surface area contributed by atoms with Crippen molar-refractivity contribution in [3.05, 3.63) is 53.8 Å². The molecule has 0 radical (unpaired) electrons. The largest absolute Gasteiger partial charge is 0.382 e. The van der Waals surface area contributed by atoms with Crippen molar-refractivity contribution >= 4 is 34.1 Å². The van der Waals surface area contributed by atoms with E-state index in [4.69, 9.17) is 18.0 Å². The Morgan fingerprint density at radius 3 is 2.44 bits per heavy atom. The van der Waals surface area contributed by atoms with Crippen LogP contribution < -0.4 is 11.1 Å². The van der Waals surface area contributed by atoms with Crippen molar-refractivity contribution in [3.63, 3.8) is 0 Å². The minimum absolute atomic E-state index is 0.0387. The molecule has 0 spiro atoms. The first-order chi connectivity index (χ1) is 12.5.